The molecule has 2 aromatic heterocycles. The third kappa shape index (κ3) is 3.92. The quantitative estimate of drug-likeness (QED) is 0.794. The van der Waals surface area contributed by atoms with E-state index < -0.39 is 0 Å². The first-order valence-corrected chi connectivity index (χ1v) is 7.00. The summed E-state index contributed by atoms with van der Waals surface area (Å²) in [5.41, 5.74) is 0.493. The molecule has 0 atom stereocenters. The lowest BCUT2D eigenvalue weighted by molar-refractivity contribution is 0.0459. The Morgan fingerprint density at radius 2 is 2.26 bits per heavy atom. The molecule has 0 aliphatic carbocycles. The average Bonchev–Trinajstić information content (AvgIpc) is 2.98. The molecular formula is C14H17NO3S. The van der Waals surface area contributed by atoms with E-state index in [0.29, 0.717) is 23.1 Å². The molecule has 5 heteroatoms. The van der Waals surface area contributed by atoms with Crippen molar-refractivity contribution in [2.75, 3.05) is 6.61 Å². The van der Waals surface area contributed by atoms with E-state index in [4.69, 9.17) is 9.15 Å². The van der Waals surface area contributed by atoms with Gasteiger partial charge in [0.2, 0.25) is 0 Å². The maximum atomic E-state index is 11.8. The minimum absolute atomic E-state index is 0.154. The Morgan fingerprint density at radius 3 is 2.89 bits per heavy atom. The zero-order valence-electron chi connectivity index (χ0n) is 11.3. The van der Waals surface area contributed by atoms with Gasteiger partial charge in [-0.05, 0) is 24.0 Å². The van der Waals surface area contributed by atoms with Crippen LogP contribution in [-0.4, -0.2) is 17.6 Å². The summed E-state index contributed by atoms with van der Waals surface area (Å²) < 4.78 is 10.4. The molecule has 0 radical (unpaired) electrons. The van der Waals surface area contributed by atoms with Crippen molar-refractivity contribution >= 4 is 17.3 Å². The third-order valence-electron chi connectivity index (χ3n) is 2.53. The number of hydrogen-bond acceptors (Lipinski definition) is 5. The molecule has 0 amide bonds. The standard InChI is InChI=1S/C14H17NO3S/c1-14(2,3)6-8-18-13(16)10-9-19-12(15-10)11-5-4-7-17-11/h4-5,7,9H,6,8H2,1-3H3. The summed E-state index contributed by atoms with van der Waals surface area (Å²) in [7, 11) is 0. The van der Waals surface area contributed by atoms with Gasteiger partial charge in [-0.25, -0.2) is 9.78 Å². The lowest BCUT2D eigenvalue weighted by Gasteiger charge is -2.17. The zero-order valence-corrected chi connectivity index (χ0v) is 12.1. The number of esters is 1. The van der Waals surface area contributed by atoms with Gasteiger partial charge in [-0.2, -0.15) is 0 Å². The molecule has 0 bridgehead atoms. The van der Waals surface area contributed by atoms with Crippen LogP contribution < -0.4 is 0 Å². The van der Waals surface area contributed by atoms with Crippen molar-refractivity contribution < 1.29 is 13.9 Å². The van der Waals surface area contributed by atoms with Crippen molar-refractivity contribution in [2.45, 2.75) is 27.2 Å². The highest BCUT2D eigenvalue weighted by Gasteiger charge is 2.16. The van der Waals surface area contributed by atoms with E-state index in [-0.39, 0.29) is 11.4 Å². The van der Waals surface area contributed by atoms with Crippen LogP contribution in [0, 0.1) is 5.41 Å². The lowest BCUT2D eigenvalue weighted by Crippen LogP contribution is -2.13. The number of thiazole rings is 1. The van der Waals surface area contributed by atoms with Gasteiger partial charge in [0.05, 0.1) is 12.9 Å². The maximum Gasteiger partial charge on any atom is 0.357 e. The second kappa shape index (κ2) is 5.57. The van der Waals surface area contributed by atoms with Crippen LogP contribution >= 0.6 is 11.3 Å². The summed E-state index contributed by atoms with van der Waals surface area (Å²) in [5, 5.41) is 2.38. The van der Waals surface area contributed by atoms with Gasteiger partial charge in [0.15, 0.2) is 16.5 Å². The first-order valence-electron chi connectivity index (χ1n) is 6.12. The number of nitrogens with zero attached hydrogens (tertiary/aromatic N) is 1. The van der Waals surface area contributed by atoms with E-state index in [0.717, 1.165) is 6.42 Å². The molecule has 0 fully saturated rings. The maximum absolute atomic E-state index is 11.8. The average molecular weight is 279 g/mol. The highest BCUT2D eigenvalue weighted by Crippen LogP contribution is 2.24. The Bertz CT molecular complexity index is 537. The second-order valence-electron chi connectivity index (χ2n) is 5.46. The topological polar surface area (TPSA) is 52.3 Å². The molecule has 0 N–H and O–H groups in total. The van der Waals surface area contributed by atoms with Crippen LogP contribution in [0.5, 0.6) is 0 Å². The van der Waals surface area contributed by atoms with E-state index in [1.807, 2.05) is 6.07 Å². The van der Waals surface area contributed by atoms with Crippen LogP contribution in [0.2, 0.25) is 0 Å². The summed E-state index contributed by atoms with van der Waals surface area (Å²) in [4.78, 5) is 16.0. The monoisotopic (exact) mass is 279 g/mol. The normalized spacial score (nSPS) is 11.5. The van der Waals surface area contributed by atoms with Crippen LogP contribution in [0.1, 0.15) is 37.7 Å². The van der Waals surface area contributed by atoms with Crippen LogP contribution in [0.3, 0.4) is 0 Å². The summed E-state index contributed by atoms with van der Waals surface area (Å²) in [6.07, 6.45) is 2.41. The van der Waals surface area contributed by atoms with Crippen molar-refractivity contribution in [2.24, 2.45) is 5.41 Å². The van der Waals surface area contributed by atoms with Crippen LogP contribution in [0.4, 0.5) is 0 Å². The van der Waals surface area contributed by atoms with E-state index in [1.54, 1.807) is 17.7 Å². The van der Waals surface area contributed by atoms with Crippen molar-refractivity contribution in [1.82, 2.24) is 4.98 Å². The second-order valence-corrected chi connectivity index (χ2v) is 6.32. The van der Waals surface area contributed by atoms with Crippen molar-refractivity contribution in [3.05, 3.63) is 29.5 Å². The number of furan rings is 1. The smallest absolute Gasteiger partial charge is 0.357 e. The molecule has 102 valence electrons. The zero-order chi connectivity index (χ0) is 13.9. The molecular weight excluding hydrogens is 262 g/mol. The molecule has 0 saturated carbocycles. The fourth-order valence-electron chi connectivity index (χ4n) is 1.40. The molecule has 4 nitrogen and oxygen atoms in total. The van der Waals surface area contributed by atoms with Gasteiger partial charge in [-0.15, -0.1) is 11.3 Å². The number of ether oxygens (including phenoxy) is 1. The minimum atomic E-state index is -0.377. The summed E-state index contributed by atoms with van der Waals surface area (Å²) in [6.45, 7) is 6.74. The molecule has 0 aromatic carbocycles. The Balaban J connectivity index is 1.93. The molecule has 0 aliphatic heterocycles. The number of carbonyl (C=O) groups is 1. The summed E-state index contributed by atoms with van der Waals surface area (Å²) in [5.74, 6) is 0.289. The fraction of sp³-hybridized carbons (Fsp3) is 0.429. The molecule has 2 rings (SSSR count). The predicted octanol–water partition coefficient (Wildman–Crippen LogP) is 4.00. The Hall–Kier alpha value is -1.62. The summed E-state index contributed by atoms with van der Waals surface area (Å²) >= 11 is 1.37. The van der Waals surface area contributed by atoms with Gasteiger partial charge in [0.1, 0.15) is 0 Å². The van der Waals surface area contributed by atoms with Gasteiger partial charge >= 0.3 is 5.97 Å². The van der Waals surface area contributed by atoms with Gasteiger partial charge in [0.25, 0.3) is 0 Å². The lowest BCUT2D eigenvalue weighted by atomic mass is 9.93. The summed E-state index contributed by atoms with van der Waals surface area (Å²) in [6, 6.07) is 3.60. The van der Waals surface area contributed by atoms with E-state index in [1.165, 1.54) is 11.3 Å². The molecule has 2 aromatic rings. The Kier molecular flexibility index (Phi) is 4.04. The van der Waals surface area contributed by atoms with E-state index in [9.17, 15) is 4.79 Å². The Morgan fingerprint density at radius 1 is 1.47 bits per heavy atom. The van der Waals surface area contributed by atoms with Gasteiger partial charge in [-0.1, -0.05) is 20.8 Å². The first-order chi connectivity index (χ1) is 8.96. The van der Waals surface area contributed by atoms with Crippen molar-refractivity contribution in [1.29, 1.82) is 0 Å². The third-order valence-corrected chi connectivity index (χ3v) is 3.39. The number of hydrogen-bond donors (Lipinski definition) is 0. The van der Waals surface area contributed by atoms with Crippen molar-refractivity contribution in [3.63, 3.8) is 0 Å². The molecule has 0 saturated heterocycles. The number of aromatic nitrogens is 1. The van der Waals surface area contributed by atoms with Crippen LogP contribution in [0.15, 0.2) is 28.2 Å². The highest BCUT2D eigenvalue weighted by molar-refractivity contribution is 7.13. The van der Waals surface area contributed by atoms with E-state index in [2.05, 4.69) is 25.8 Å². The minimum Gasteiger partial charge on any atom is -0.462 e. The van der Waals surface area contributed by atoms with Crippen LogP contribution in [0.25, 0.3) is 10.8 Å². The number of rotatable bonds is 4. The predicted molar refractivity (Wildman–Crippen MR) is 74.2 cm³/mol. The largest absolute Gasteiger partial charge is 0.462 e. The van der Waals surface area contributed by atoms with E-state index >= 15 is 0 Å². The molecule has 0 spiro atoms. The van der Waals surface area contributed by atoms with Crippen LogP contribution in [-0.2, 0) is 4.74 Å². The molecule has 0 aliphatic rings. The fourth-order valence-corrected chi connectivity index (χ4v) is 2.16. The highest BCUT2D eigenvalue weighted by atomic mass is 32.1. The Labute approximate surface area is 116 Å². The molecule has 2 heterocycles. The number of carbonyl (C=O) groups excluding carboxylic acids is 1. The molecule has 0 unspecified atom stereocenters. The van der Waals surface area contributed by atoms with Gasteiger partial charge < -0.3 is 9.15 Å². The molecule has 19 heavy (non-hydrogen) atoms. The van der Waals surface area contributed by atoms with Gasteiger partial charge in [0, 0.05) is 5.38 Å². The first kappa shape index (κ1) is 13.8. The van der Waals surface area contributed by atoms with Gasteiger partial charge in [-0.3, -0.25) is 0 Å². The van der Waals surface area contributed by atoms with Crippen molar-refractivity contribution in [3.8, 4) is 10.8 Å². The SMILES string of the molecule is CC(C)(C)CCOC(=O)c1csc(-c2ccco2)n1.